The van der Waals surface area contributed by atoms with Crippen LogP contribution in [0.15, 0.2) is 36.5 Å². The van der Waals surface area contributed by atoms with Gasteiger partial charge in [-0.05, 0) is 30.7 Å². The first-order valence-corrected chi connectivity index (χ1v) is 7.69. The van der Waals surface area contributed by atoms with Gasteiger partial charge < -0.3 is 10.6 Å². The number of urea groups is 1. The first-order chi connectivity index (χ1) is 10.3. The molecule has 1 aromatic carbocycles. The second kappa shape index (κ2) is 8.25. The fraction of sp³-hybridized carbons (Fsp3) is 0.412. The van der Waals surface area contributed by atoms with Crippen LogP contribution >= 0.6 is 0 Å². The van der Waals surface area contributed by atoms with Gasteiger partial charge in [-0.25, -0.2) is 4.79 Å². The van der Waals surface area contributed by atoms with Crippen LogP contribution in [0, 0.1) is 0 Å². The second-order valence-corrected chi connectivity index (χ2v) is 5.21. The number of hydrogen-bond acceptors (Lipinski definition) is 2. The predicted molar refractivity (Wildman–Crippen MR) is 87.5 cm³/mol. The third-order valence-corrected chi connectivity index (χ3v) is 3.43. The molecule has 0 unspecified atom stereocenters. The highest BCUT2D eigenvalue weighted by Gasteiger charge is 2.02. The number of aromatic nitrogens is 1. The standard InChI is InChI=1S/C17H23N3O/c1-2-3-4-5-6-11-19-17(21)20-15-9-10-16-14(13-15)8-7-12-18-16/h7-10,12-13H,2-6,11H2,1H3,(H2,19,20,21). The molecule has 1 aromatic heterocycles. The van der Waals surface area contributed by atoms with Gasteiger partial charge in [0.15, 0.2) is 0 Å². The molecule has 1 heterocycles. The van der Waals surface area contributed by atoms with E-state index >= 15 is 0 Å². The average Bonchev–Trinajstić information content (AvgIpc) is 2.50. The number of carbonyl (C=O) groups is 1. The maximum absolute atomic E-state index is 11.8. The van der Waals surface area contributed by atoms with Crippen LogP contribution in [-0.2, 0) is 0 Å². The Morgan fingerprint density at radius 2 is 2.00 bits per heavy atom. The molecule has 0 spiro atoms. The number of benzene rings is 1. The highest BCUT2D eigenvalue weighted by Crippen LogP contribution is 2.16. The van der Waals surface area contributed by atoms with Crippen molar-refractivity contribution in [2.45, 2.75) is 39.0 Å². The summed E-state index contributed by atoms with van der Waals surface area (Å²) in [4.78, 5) is 16.1. The minimum absolute atomic E-state index is 0.145. The molecule has 0 saturated carbocycles. The molecule has 0 fully saturated rings. The van der Waals surface area contributed by atoms with Gasteiger partial charge in [-0.1, -0.05) is 38.7 Å². The molecule has 2 amide bonds. The molecule has 0 aliphatic heterocycles. The molecule has 0 atom stereocenters. The van der Waals surface area contributed by atoms with E-state index in [2.05, 4.69) is 22.5 Å². The lowest BCUT2D eigenvalue weighted by Crippen LogP contribution is -2.29. The largest absolute Gasteiger partial charge is 0.338 e. The highest BCUT2D eigenvalue weighted by molar-refractivity contribution is 5.92. The Hall–Kier alpha value is -2.10. The number of unbranched alkanes of at least 4 members (excludes halogenated alkanes) is 4. The van der Waals surface area contributed by atoms with E-state index in [1.807, 2.05) is 30.3 Å². The van der Waals surface area contributed by atoms with E-state index in [0.717, 1.165) is 29.6 Å². The Balaban J connectivity index is 1.76. The molecular weight excluding hydrogens is 262 g/mol. The summed E-state index contributed by atoms with van der Waals surface area (Å²) in [6.45, 7) is 2.93. The van der Waals surface area contributed by atoms with E-state index < -0.39 is 0 Å². The maximum atomic E-state index is 11.8. The summed E-state index contributed by atoms with van der Waals surface area (Å²) < 4.78 is 0. The summed E-state index contributed by atoms with van der Waals surface area (Å²) in [5.74, 6) is 0. The molecule has 4 nitrogen and oxygen atoms in total. The van der Waals surface area contributed by atoms with Gasteiger partial charge in [-0.3, -0.25) is 4.98 Å². The van der Waals surface area contributed by atoms with Gasteiger partial charge in [-0.15, -0.1) is 0 Å². The number of nitrogens with zero attached hydrogens (tertiary/aromatic N) is 1. The Kier molecular flexibility index (Phi) is 6.00. The summed E-state index contributed by atoms with van der Waals surface area (Å²) in [6, 6.07) is 9.45. The number of amides is 2. The van der Waals surface area contributed by atoms with Crippen LogP contribution in [-0.4, -0.2) is 17.6 Å². The van der Waals surface area contributed by atoms with Crippen LogP contribution in [0.2, 0.25) is 0 Å². The van der Waals surface area contributed by atoms with Crippen LogP contribution in [0.4, 0.5) is 10.5 Å². The minimum Gasteiger partial charge on any atom is -0.338 e. The molecule has 21 heavy (non-hydrogen) atoms. The quantitative estimate of drug-likeness (QED) is 0.744. The zero-order valence-corrected chi connectivity index (χ0v) is 12.6. The first kappa shape index (κ1) is 15.3. The lowest BCUT2D eigenvalue weighted by molar-refractivity contribution is 0.252. The molecule has 2 aromatic rings. The van der Waals surface area contributed by atoms with Crippen molar-refractivity contribution >= 4 is 22.6 Å². The number of fused-ring (bicyclic) bond motifs is 1. The smallest absolute Gasteiger partial charge is 0.319 e. The monoisotopic (exact) mass is 285 g/mol. The van der Waals surface area contributed by atoms with E-state index in [-0.39, 0.29) is 6.03 Å². The Morgan fingerprint density at radius 3 is 2.86 bits per heavy atom. The molecule has 112 valence electrons. The van der Waals surface area contributed by atoms with Crippen LogP contribution in [0.1, 0.15) is 39.0 Å². The third-order valence-electron chi connectivity index (χ3n) is 3.43. The third kappa shape index (κ3) is 5.06. The molecule has 4 heteroatoms. The number of anilines is 1. The van der Waals surface area contributed by atoms with Crippen molar-refractivity contribution in [1.82, 2.24) is 10.3 Å². The minimum atomic E-state index is -0.145. The normalized spacial score (nSPS) is 10.5. The van der Waals surface area contributed by atoms with Crippen LogP contribution in [0.25, 0.3) is 10.9 Å². The molecule has 0 aliphatic carbocycles. The zero-order valence-electron chi connectivity index (χ0n) is 12.6. The van der Waals surface area contributed by atoms with Gasteiger partial charge in [0, 0.05) is 23.8 Å². The van der Waals surface area contributed by atoms with Crippen molar-refractivity contribution in [2.75, 3.05) is 11.9 Å². The lowest BCUT2D eigenvalue weighted by atomic mass is 10.1. The molecule has 2 N–H and O–H groups in total. The van der Waals surface area contributed by atoms with Crippen molar-refractivity contribution in [3.63, 3.8) is 0 Å². The van der Waals surface area contributed by atoms with Crippen molar-refractivity contribution in [3.05, 3.63) is 36.5 Å². The first-order valence-electron chi connectivity index (χ1n) is 7.69. The van der Waals surface area contributed by atoms with Crippen LogP contribution < -0.4 is 10.6 Å². The number of nitrogens with one attached hydrogen (secondary N) is 2. The lowest BCUT2D eigenvalue weighted by Gasteiger charge is -2.08. The summed E-state index contributed by atoms with van der Waals surface area (Å²) >= 11 is 0. The molecule has 2 rings (SSSR count). The van der Waals surface area contributed by atoms with Gasteiger partial charge in [-0.2, -0.15) is 0 Å². The SMILES string of the molecule is CCCCCCCNC(=O)Nc1ccc2ncccc2c1. The van der Waals surface area contributed by atoms with Gasteiger partial charge in [0.1, 0.15) is 0 Å². The summed E-state index contributed by atoms with van der Waals surface area (Å²) in [5.41, 5.74) is 1.72. The number of hydrogen-bond donors (Lipinski definition) is 2. The maximum Gasteiger partial charge on any atom is 0.319 e. The summed E-state index contributed by atoms with van der Waals surface area (Å²) in [6.07, 6.45) is 7.74. The van der Waals surface area contributed by atoms with Gasteiger partial charge in [0.2, 0.25) is 0 Å². The van der Waals surface area contributed by atoms with E-state index in [1.165, 1.54) is 25.7 Å². The van der Waals surface area contributed by atoms with Gasteiger partial charge in [0.05, 0.1) is 5.52 Å². The molecule has 0 aliphatic rings. The Labute approximate surface area is 126 Å². The predicted octanol–water partition coefficient (Wildman–Crippen LogP) is 4.33. The van der Waals surface area contributed by atoms with Gasteiger partial charge in [0.25, 0.3) is 0 Å². The fourth-order valence-electron chi connectivity index (χ4n) is 2.26. The highest BCUT2D eigenvalue weighted by atomic mass is 16.2. The van der Waals surface area contributed by atoms with Crippen molar-refractivity contribution in [2.24, 2.45) is 0 Å². The van der Waals surface area contributed by atoms with Crippen LogP contribution in [0.5, 0.6) is 0 Å². The molecule has 0 bridgehead atoms. The van der Waals surface area contributed by atoms with E-state index in [9.17, 15) is 4.79 Å². The number of pyridine rings is 1. The van der Waals surface area contributed by atoms with Gasteiger partial charge >= 0.3 is 6.03 Å². The Morgan fingerprint density at radius 1 is 1.14 bits per heavy atom. The second-order valence-electron chi connectivity index (χ2n) is 5.21. The van der Waals surface area contributed by atoms with Crippen LogP contribution in [0.3, 0.4) is 0 Å². The molecule has 0 radical (unpaired) electrons. The summed E-state index contributed by atoms with van der Waals surface area (Å²) in [5, 5.41) is 6.77. The summed E-state index contributed by atoms with van der Waals surface area (Å²) in [7, 11) is 0. The zero-order chi connectivity index (χ0) is 14.9. The number of rotatable bonds is 7. The molecular formula is C17H23N3O. The van der Waals surface area contributed by atoms with E-state index in [1.54, 1.807) is 6.20 Å². The topological polar surface area (TPSA) is 54.0 Å². The Bertz CT molecular complexity index is 583. The van der Waals surface area contributed by atoms with Crippen molar-refractivity contribution in [3.8, 4) is 0 Å². The van der Waals surface area contributed by atoms with E-state index in [4.69, 9.17) is 0 Å². The molecule has 0 saturated heterocycles. The van der Waals surface area contributed by atoms with Crippen molar-refractivity contribution in [1.29, 1.82) is 0 Å². The average molecular weight is 285 g/mol. The fourth-order valence-corrected chi connectivity index (χ4v) is 2.26. The van der Waals surface area contributed by atoms with Crippen molar-refractivity contribution < 1.29 is 4.79 Å². The number of carbonyl (C=O) groups excluding carboxylic acids is 1. The van der Waals surface area contributed by atoms with E-state index in [0.29, 0.717) is 0 Å².